The van der Waals surface area contributed by atoms with E-state index in [1.54, 1.807) is 32.2 Å². The Hall–Kier alpha value is -3.54. The Kier molecular flexibility index (Phi) is 9.10. The van der Waals surface area contributed by atoms with E-state index in [2.05, 4.69) is 15.3 Å². The highest BCUT2D eigenvalue weighted by Gasteiger charge is 2.49. The van der Waals surface area contributed by atoms with Gasteiger partial charge in [0.15, 0.2) is 5.78 Å². The molecule has 3 N–H and O–H groups in total. The maximum absolute atomic E-state index is 15.9. The smallest absolute Gasteiger partial charge is 0.408 e. The minimum atomic E-state index is -1.43. The summed E-state index contributed by atoms with van der Waals surface area (Å²) in [5.41, 5.74) is 6.87. The Morgan fingerprint density at radius 2 is 1.90 bits per heavy atom. The number of carbonyl (C=O) groups is 3. The molecule has 1 unspecified atom stereocenters. The molecule has 228 valence electrons. The van der Waals surface area contributed by atoms with Crippen molar-refractivity contribution in [2.45, 2.75) is 89.3 Å². The maximum atomic E-state index is 15.9. The summed E-state index contributed by atoms with van der Waals surface area (Å²) >= 11 is 0. The van der Waals surface area contributed by atoms with Gasteiger partial charge in [-0.15, -0.1) is 0 Å². The number of ether oxygens (including phenoxy) is 3. The number of hydrogen-bond acceptors (Lipinski definition) is 9. The van der Waals surface area contributed by atoms with E-state index in [-0.39, 0.29) is 48.9 Å². The molecule has 7 atom stereocenters. The van der Waals surface area contributed by atoms with Gasteiger partial charge in [-0.1, -0.05) is 26.7 Å². The lowest BCUT2D eigenvalue weighted by Crippen LogP contribution is -2.53. The predicted octanol–water partition coefficient (Wildman–Crippen LogP) is 3.63. The fraction of sp³-hybridized carbons (Fsp3) is 0.633. The highest BCUT2D eigenvalue weighted by atomic mass is 19.1. The number of carbonyl (C=O) groups excluding carboxylic acids is 3. The zero-order valence-corrected chi connectivity index (χ0v) is 24.4. The third-order valence-electron chi connectivity index (χ3n) is 8.70. The minimum absolute atomic E-state index is 0.0390. The van der Waals surface area contributed by atoms with Gasteiger partial charge in [-0.2, -0.15) is 0 Å². The summed E-state index contributed by atoms with van der Waals surface area (Å²) < 4.78 is 33.2. The van der Waals surface area contributed by atoms with Crippen molar-refractivity contribution in [1.82, 2.24) is 20.2 Å². The molecule has 2 fully saturated rings. The topological polar surface area (TPSA) is 146 Å². The lowest BCUT2D eigenvalue weighted by atomic mass is 9.92. The first-order chi connectivity index (χ1) is 20.3. The van der Waals surface area contributed by atoms with E-state index in [0.29, 0.717) is 36.0 Å². The average molecular weight is 586 g/mol. The van der Waals surface area contributed by atoms with Crippen LogP contribution in [0.5, 0.6) is 11.6 Å². The van der Waals surface area contributed by atoms with Crippen molar-refractivity contribution in [3.63, 3.8) is 0 Å². The first-order valence-electron chi connectivity index (χ1n) is 14.9. The second-order valence-electron chi connectivity index (χ2n) is 11.4. The van der Waals surface area contributed by atoms with Crippen LogP contribution in [-0.4, -0.2) is 77.1 Å². The van der Waals surface area contributed by atoms with Gasteiger partial charge in [-0.05, 0) is 50.2 Å². The molecule has 12 heteroatoms. The number of benzene rings is 1. The maximum Gasteiger partial charge on any atom is 0.408 e. The number of fused-ring (bicyclic) bond motifs is 5. The van der Waals surface area contributed by atoms with Gasteiger partial charge in [0.1, 0.15) is 35.9 Å². The van der Waals surface area contributed by atoms with Crippen LogP contribution in [0.1, 0.15) is 70.7 Å². The molecule has 1 saturated carbocycles. The summed E-state index contributed by atoms with van der Waals surface area (Å²) in [6, 6.07) is 3.42. The summed E-state index contributed by atoms with van der Waals surface area (Å²) in [6.45, 7) is 3.46. The van der Waals surface area contributed by atoms with Crippen molar-refractivity contribution < 1.29 is 33.0 Å². The molecule has 1 aliphatic carbocycles. The van der Waals surface area contributed by atoms with Gasteiger partial charge in [0.25, 0.3) is 0 Å². The molecule has 0 spiro atoms. The third kappa shape index (κ3) is 6.13. The summed E-state index contributed by atoms with van der Waals surface area (Å²) in [4.78, 5) is 50.4. The molecule has 2 aliphatic heterocycles. The molecular weight excluding hydrogens is 545 g/mol. The Labute approximate surface area is 244 Å². The van der Waals surface area contributed by atoms with E-state index >= 15 is 4.39 Å². The zero-order chi connectivity index (χ0) is 30.0. The highest BCUT2D eigenvalue weighted by Crippen LogP contribution is 2.40. The van der Waals surface area contributed by atoms with Crippen LogP contribution in [-0.2, 0) is 14.3 Å². The van der Waals surface area contributed by atoms with Crippen LogP contribution in [0.25, 0.3) is 11.0 Å². The van der Waals surface area contributed by atoms with Crippen LogP contribution in [0.4, 0.5) is 9.18 Å². The lowest BCUT2D eigenvalue weighted by molar-refractivity contribution is -0.139. The molecule has 3 aliphatic rings. The predicted molar refractivity (Wildman–Crippen MR) is 152 cm³/mol. The van der Waals surface area contributed by atoms with Crippen molar-refractivity contribution in [2.75, 3.05) is 20.2 Å². The van der Waals surface area contributed by atoms with Crippen LogP contribution >= 0.6 is 0 Å². The Morgan fingerprint density at radius 3 is 2.62 bits per heavy atom. The normalized spacial score (nSPS) is 30.2. The number of alkyl carbamates (subject to hydrolysis) is 1. The number of nitrogens with two attached hydrogens (primary N) is 1. The molecule has 1 aromatic heterocycles. The van der Waals surface area contributed by atoms with Gasteiger partial charge >= 0.3 is 6.09 Å². The number of amides is 2. The third-order valence-corrected chi connectivity index (χ3v) is 8.70. The average Bonchev–Trinajstić information content (AvgIpc) is 3.62. The number of ketones is 1. The SMILES string of the molecule is CC[C@@H]1[C@@H]2CN(C(=O)[C@H](CC)NC(=O)O[C@@H]3C[C@H]3CCCCC(F)c3nc4ccc(OC)cc4nc3O2)[C@@H]1C(=O)CN. The van der Waals surface area contributed by atoms with Crippen molar-refractivity contribution in [2.24, 2.45) is 17.6 Å². The zero-order valence-electron chi connectivity index (χ0n) is 24.4. The lowest BCUT2D eigenvalue weighted by Gasteiger charge is -2.29. The second kappa shape index (κ2) is 12.8. The number of methoxy groups -OCH3 is 1. The summed E-state index contributed by atoms with van der Waals surface area (Å²) in [6.07, 6.45) is 0.982. The van der Waals surface area contributed by atoms with Gasteiger partial charge in [0.2, 0.25) is 11.8 Å². The number of alkyl halides is 1. The van der Waals surface area contributed by atoms with Gasteiger partial charge in [-0.3, -0.25) is 9.59 Å². The van der Waals surface area contributed by atoms with Crippen molar-refractivity contribution >= 4 is 28.8 Å². The van der Waals surface area contributed by atoms with Crippen molar-refractivity contribution in [3.8, 4) is 11.6 Å². The summed E-state index contributed by atoms with van der Waals surface area (Å²) in [5, 5.41) is 2.70. The Morgan fingerprint density at radius 1 is 1.12 bits per heavy atom. The molecule has 1 saturated heterocycles. The van der Waals surface area contributed by atoms with Crippen LogP contribution in [0.2, 0.25) is 0 Å². The van der Waals surface area contributed by atoms with E-state index in [4.69, 9.17) is 19.9 Å². The molecule has 0 radical (unpaired) electrons. The van der Waals surface area contributed by atoms with Crippen LogP contribution in [0, 0.1) is 11.8 Å². The standard InChI is InChI=1S/C30H40FN5O6/c1-4-18-25-15-36(27(18)23(37)14-32)29(38)20(5-2)35-30(39)42-24-12-16(24)8-6-7-9-19(31)26-28(41-25)34-22-13-17(40-3)10-11-21(22)33-26/h10-11,13,16,18-20,24-25,27H,4-9,12,14-15,32H2,1-3H3,(H,35,39)/t16-,18-,19?,20+,24-,25+,27+/m1/s1. The number of Topliss-reactive ketones (excluding diaryl/α,β-unsaturated/α-hetero) is 1. The van der Waals surface area contributed by atoms with Gasteiger partial charge in [0.05, 0.1) is 37.3 Å². The molecule has 2 bridgehead atoms. The number of nitrogens with zero attached hydrogens (tertiary/aromatic N) is 3. The van der Waals surface area contributed by atoms with Crippen LogP contribution in [0.3, 0.4) is 0 Å². The minimum Gasteiger partial charge on any atom is -0.497 e. The number of nitrogens with one attached hydrogen (secondary N) is 1. The van der Waals surface area contributed by atoms with E-state index in [1.807, 2.05) is 6.92 Å². The number of rotatable bonds is 5. The molecular formula is C30H40FN5O6. The molecule has 11 nitrogen and oxygen atoms in total. The van der Waals surface area contributed by atoms with E-state index in [0.717, 1.165) is 19.3 Å². The first-order valence-corrected chi connectivity index (χ1v) is 14.9. The molecule has 2 amide bonds. The number of hydrogen-bond donors (Lipinski definition) is 2. The van der Waals surface area contributed by atoms with Crippen molar-refractivity contribution in [3.05, 3.63) is 23.9 Å². The largest absolute Gasteiger partial charge is 0.497 e. The van der Waals surface area contributed by atoms with Gasteiger partial charge in [0, 0.05) is 12.0 Å². The monoisotopic (exact) mass is 585 g/mol. The van der Waals surface area contributed by atoms with Crippen LogP contribution < -0.4 is 20.5 Å². The summed E-state index contributed by atoms with van der Waals surface area (Å²) in [5.74, 6) is -0.342. The fourth-order valence-corrected chi connectivity index (χ4v) is 6.23. The number of halogens is 1. The molecule has 2 aromatic rings. The van der Waals surface area contributed by atoms with E-state index in [9.17, 15) is 14.4 Å². The summed E-state index contributed by atoms with van der Waals surface area (Å²) in [7, 11) is 1.55. The Bertz CT molecular complexity index is 1330. The van der Waals surface area contributed by atoms with Crippen molar-refractivity contribution in [1.29, 1.82) is 0 Å². The van der Waals surface area contributed by atoms with E-state index < -0.39 is 42.3 Å². The fourth-order valence-electron chi connectivity index (χ4n) is 6.23. The van der Waals surface area contributed by atoms with Gasteiger partial charge in [-0.25, -0.2) is 19.2 Å². The molecule has 42 heavy (non-hydrogen) atoms. The highest BCUT2D eigenvalue weighted by molar-refractivity contribution is 5.94. The first kappa shape index (κ1) is 29.9. The van der Waals surface area contributed by atoms with Crippen LogP contribution in [0.15, 0.2) is 18.2 Å². The quantitative estimate of drug-likeness (QED) is 0.537. The molecule has 3 heterocycles. The molecule has 1 aromatic carbocycles. The molecule has 5 rings (SSSR count). The Balaban J connectivity index is 1.54. The van der Waals surface area contributed by atoms with Gasteiger partial charge < -0.3 is 30.2 Å². The second-order valence-corrected chi connectivity index (χ2v) is 11.4. The van der Waals surface area contributed by atoms with E-state index in [1.165, 1.54) is 4.90 Å². The number of aromatic nitrogens is 2.